The number of carboxylic acid groups (broad SMARTS) is 3. The molecule has 0 saturated carbocycles. The molecule has 0 radical (unpaired) electrons. The Bertz CT molecular complexity index is 503. The van der Waals surface area contributed by atoms with Gasteiger partial charge in [-0.05, 0) is 24.1 Å². The van der Waals surface area contributed by atoms with Crippen LogP contribution in [0, 0.1) is 6.92 Å². The Hall–Kier alpha value is -2.37. The van der Waals surface area contributed by atoms with Crippen molar-refractivity contribution in [3.05, 3.63) is 34.4 Å². The molecule has 0 unspecified atom stereocenters. The average molecular weight is 238 g/mol. The Morgan fingerprint density at radius 3 is 2.06 bits per heavy atom. The first kappa shape index (κ1) is 12.7. The zero-order valence-electron chi connectivity index (χ0n) is 8.93. The van der Waals surface area contributed by atoms with Crippen LogP contribution in [0.4, 0.5) is 0 Å². The molecule has 0 heterocycles. The van der Waals surface area contributed by atoms with Gasteiger partial charge in [-0.2, -0.15) is 0 Å². The van der Waals surface area contributed by atoms with E-state index in [1.807, 2.05) is 0 Å². The van der Waals surface area contributed by atoms with Gasteiger partial charge >= 0.3 is 17.9 Å². The molecule has 1 aromatic rings. The number of carboxylic acids is 3. The van der Waals surface area contributed by atoms with E-state index in [-0.39, 0.29) is 16.7 Å². The molecule has 0 aliphatic heterocycles. The molecule has 0 amide bonds. The van der Waals surface area contributed by atoms with Crippen molar-refractivity contribution < 1.29 is 29.7 Å². The van der Waals surface area contributed by atoms with Crippen molar-refractivity contribution in [2.75, 3.05) is 0 Å². The lowest BCUT2D eigenvalue weighted by Crippen LogP contribution is -2.15. The lowest BCUT2D eigenvalue weighted by atomic mass is 9.94. The molecule has 0 saturated heterocycles. The van der Waals surface area contributed by atoms with Crippen LogP contribution in [0.1, 0.15) is 31.8 Å². The van der Waals surface area contributed by atoms with Gasteiger partial charge in [0.15, 0.2) is 0 Å². The molecule has 1 rings (SSSR count). The van der Waals surface area contributed by atoms with Crippen molar-refractivity contribution in [1.82, 2.24) is 0 Å². The molecule has 17 heavy (non-hydrogen) atoms. The monoisotopic (exact) mass is 238 g/mol. The quantitative estimate of drug-likeness (QED) is 0.721. The largest absolute Gasteiger partial charge is 0.481 e. The number of hydrogen-bond donors (Lipinski definition) is 3. The van der Waals surface area contributed by atoms with Gasteiger partial charge in [-0.25, -0.2) is 9.59 Å². The fourth-order valence-corrected chi connectivity index (χ4v) is 1.60. The highest BCUT2D eigenvalue weighted by molar-refractivity contribution is 5.99. The topological polar surface area (TPSA) is 112 Å². The molecule has 0 bridgehead atoms. The van der Waals surface area contributed by atoms with Crippen molar-refractivity contribution in [2.45, 2.75) is 13.3 Å². The van der Waals surface area contributed by atoms with Crippen molar-refractivity contribution in [2.24, 2.45) is 0 Å². The molecule has 0 atom stereocenters. The van der Waals surface area contributed by atoms with Crippen LogP contribution in [-0.4, -0.2) is 33.2 Å². The van der Waals surface area contributed by atoms with Crippen LogP contribution >= 0.6 is 0 Å². The number of benzene rings is 1. The third kappa shape index (κ3) is 2.60. The van der Waals surface area contributed by atoms with Crippen LogP contribution < -0.4 is 0 Å². The molecular formula is C11H10O6. The van der Waals surface area contributed by atoms with Gasteiger partial charge in [0.25, 0.3) is 0 Å². The molecule has 0 aromatic heterocycles. The van der Waals surface area contributed by atoms with Gasteiger partial charge in [0.2, 0.25) is 0 Å². The van der Waals surface area contributed by atoms with Crippen LogP contribution in [0.2, 0.25) is 0 Å². The number of hydrogen-bond acceptors (Lipinski definition) is 3. The smallest absolute Gasteiger partial charge is 0.336 e. The van der Waals surface area contributed by atoms with E-state index < -0.39 is 24.3 Å². The van der Waals surface area contributed by atoms with Crippen LogP contribution in [0.3, 0.4) is 0 Å². The molecule has 0 aliphatic rings. The Balaban J connectivity index is 3.55. The van der Waals surface area contributed by atoms with Crippen LogP contribution in [0.25, 0.3) is 0 Å². The Morgan fingerprint density at radius 1 is 1.06 bits per heavy atom. The Morgan fingerprint density at radius 2 is 1.65 bits per heavy atom. The van der Waals surface area contributed by atoms with E-state index in [9.17, 15) is 14.4 Å². The van der Waals surface area contributed by atoms with Crippen molar-refractivity contribution in [3.63, 3.8) is 0 Å². The summed E-state index contributed by atoms with van der Waals surface area (Å²) in [6.45, 7) is 1.49. The minimum absolute atomic E-state index is 0.183. The summed E-state index contributed by atoms with van der Waals surface area (Å²) in [4.78, 5) is 32.6. The van der Waals surface area contributed by atoms with Gasteiger partial charge in [0.1, 0.15) is 0 Å². The lowest BCUT2D eigenvalue weighted by molar-refractivity contribution is -0.136. The van der Waals surface area contributed by atoms with Gasteiger partial charge in [-0.15, -0.1) is 0 Å². The van der Waals surface area contributed by atoms with E-state index in [0.717, 1.165) is 0 Å². The Labute approximate surface area is 96.1 Å². The van der Waals surface area contributed by atoms with Gasteiger partial charge in [-0.1, -0.05) is 6.07 Å². The number of aryl methyl sites for hydroxylation is 1. The summed E-state index contributed by atoms with van der Waals surface area (Å²) < 4.78 is 0. The molecule has 1 aromatic carbocycles. The number of aromatic carboxylic acids is 2. The number of aliphatic carboxylic acids is 1. The molecule has 6 heteroatoms. The minimum atomic E-state index is -1.34. The first-order valence-corrected chi connectivity index (χ1v) is 4.65. The third-order valence-electron chi connectivity index (χ3n) is 2.29. The Kier molecular flexibility index (Phi) is 3.47. The second-order valence-corrected chi connectivity index (χ2v) is 3.46. The highest BCUT2D eigenvalue weighted by atomic mass is 16.4. The van der Waals surface area contributed by atoms with Gasteiger partial charge in [-0.3, -0.25) is 4.79 Å². The zero-order chi connectivity index (χ0) is 13.2. The van der Waals surface area contributed by atoms with Crippen molar-refractivity contribution in [3.8, 4) is 0 Å². The summed E-state index contributed by atoms with van der Waals surface area (Å²) in [6.07, 6.45) is -0.634. The summed E-state index contributed by atoms with van der Waals surface area (Å²) >= 11 is 0. The van der Waals surface area contributed by atoms with Gasteiger partial charge in [0.05, 0.1) is 17.5 Å². The second kappa shape index (κ2) is 4.65. The maximum absolute atomic E-state index is 11.0. The molecular weight excluding hydrogens is 228 g/mol. The first-order valence-electron chi connectivity index (χ1n) is 4.65. The highest BCUT2D eigenvalue weighted by Gasteiger charge is 2.22. The fourth-order valence-electron chi connectivity index (χ4n) is 1.60. The number of rotatable bonds is 4. The maximum Gasteiger partial charge on any atom is 0.336 e. The molecule has 0 aliphatic carbocycles. The van der Waals surface area contributed by atoms with Crippen molar-refractivity contribution >= 4 is 17.9 Å². The zero-order valence-corrected chi connectivity index (χ0v) is 8.93. The first-order chi connectivity index (χ1) is 7.84. The van der Waals surface area contributed by atoms with E-state index in [1.54, 1.807) is 0 Å². The van der Waals surface area contributed by atoms with E-state index in [2.05, 4.69) is 0 Å². The summed E-state index contributed by atoms with van der Waals surface area (Å²) in [6, 6.07) is 2.56. The molecule has 6 nitrogen and oxygen atoms in total. The average Bonchev–Trinajstić information content (AvgIpc) is 2.15. The van der Waals surface area contributed by atoms with E-state index >= 15 is 0 Å². The molecule has 90 valence electrons. The van der Waals surface area contributed by atoms with Crippen molar-refractivity contribution in [1.29, 1.82) is 0 Å². The molecule has 3 N–H and O–H groups in total. The lowest BCUT2D eigenvalue weighted by Gasteiger charge is -2.10. The van der Waals surface area contributed by atoms with Crippen LogP contribution in [0.15, 0.2) is 12.1 Å². The standard InChI is InChI=1S/C11H10O6/c1-5-2-3-6(10(14)15)7(4-8(12)13)9(5)11(16)17/h2-3H,4H2,1H3,(H,12,13)(H,14,15)(H,16,17). The SMILES string of the molecule is Cc1ccc(C(=O)O)c(CC(=O)O)c1C(=O)O. The predicted octanol–water partition coefficient (Wildman–Crippen LogP) is 1.02. The van der Waals surface area contributed by atoms with E-state index in [1.165, 1.54) is 19.1 Å². The summed E-state index contributed by atoms with van der Waals surface area (Å²) in [5.74, 6) is -3.95. The highest BCUT2D eigenvalue weighted by Crippen LogP contribution is 2.20. The van der Waals surface area contributed by atoms with Crippen LogP contribution in [-0.2, 0) is 11.2 Å². The van der Waals surface area contributed by atoms with Gasteiger partial charge in [0, 0.05) is 0 Å². The van der Waals surface area contributed by atoms with E-state index in [0.29, 0.717) is 5.56 Å². The normalized spacial score (nSPS) is 9.94. The van der Waals surface area contributed by atoms with Crippen LogP contribution in [0.5, 0.6) is 0 Å². The maximum atomic E-state index is 11.0. The third-order valence-corrected chi connectivity index (χ3v) is 2.29. The predicted molar refractivity (Wildman–Crippen MR) is 56.4 cm³/mol. The van der Waals surface area contributed by atoms with Gasteiger partial charge < -0.3 is 15.3 Å². The summed E-state index contributed by atoms with van der Waals surface area (Å²) in [5.41, 5.74) is -0.404. The molecule has 0 fully saturated rings. The minimum Gasteiger partial charge on any atom is -0.481 e. The number of carbonyl (C=O) groups is 3. The van der Waals surface area contributed by atoms with E-state index in [4.69, 9.17) is 15.3 Å². The summed E-state index contributed by atoms with van der Waals surface area (Å²) in [5, 5.41) is 26.6. The second-order valence-electron chi connectivity index (χ2n) is 3.46. The summed E-state index contributed by atoms with van der Waals surface area (Å²) in [7, 11) is 0. The molecule has 0 spiro atoms. The fraction of sp³-hybridized carbons (Fsp3) is 0.182.